The molecule has 122 valence electrons. The summed E-state index contributed by atoms with van der Waals surface area (Å²) < 4.78 is 5.20. The molecule has 1 amide bonds. The molecule has 4 heteroatoms. The Morgan fingerprint density at radius 2 is 1.88 bits per heavy atom. The predicted octanol–water partition coefficient (Wildman–Crippen LogP) is 4.38. The van der Waals surface area contributed by atoms with E-state index < -0.39 is 0 Å². The van der Waals surface area contributed by atoms with Crippen LogP contribution in [0.1, 0.15) is 24.8 Å². The largest absolute Gasteiger partial charge is 0.481 e. The van der Waals surface area contributed by atoms with Gasteiger partial charge in [0.1, 0.15) is 0 Å². The van der Waals surface area contributed by atoms with Crippen molar-refractivity contribution in [2.24, 2.45) is 0 Å². The summed E-state index contributed by atoms with van der Waals surface area (Å²) in [5, 5.41) is 3.99. The van der Waals surface area contributed by atoms with Crippen molar-refractivity contribution in [1.29, 1.82) is 0 Å². The molecule has 0 fully saturated rings. The van der Waals surface area contributed by atoms with Gasteiger partial charge in [0.05, 0.1) is 24.2 Å². The Bertz CT molecular complexity index is 847. The van der Waals surface area contributed by atoms with E-state index >= 15 is 0 Å². The second kappa shape index (κ2) is 7.13. The fraction of sp³-hybridized carbons (Fsp3) is 0.200. The highest BCUT2D eigenvalue weighted by atomic mass is 16.5. The van der Waals surface area contributed by atoms with Gasteiger partial charge in [-0.3, -0.25) is 4.79 Å². The van der Waals surface area contributed by atoms with Gasteiger partial charge in [-0.25, -0.2) is 4.98 Å². The zero-order chi connectivity index (χ0) is 16.9. The standard InChI is InChI=1S/C20H20N2O2/c1-3-16(14-8-5-4-6-9-14)20(23)21-17-11-7-10-15-12-13-18(24-2)22-19(15)17/h4-13,16H,3H2,1-2H3,(H,21,23). The number of para-hydroxylation sites is 1. The second-order valence-corrected chi connectivity index (χ2v) is 5.59. The SMILES string of the molecule is CCC(C(=O)Nc1cccc2ccc(OC)nc12)c1ccccc1. The lowest BCUT2D eigenvalue weighted by Crippen LogP contribution is -2.21. The third-order valence-corrected chi connectivity index (χ3v) is 4.09. The van der Waals surface area contributed by atoms with Gasteiger partial charge in [-0.15, -0.1) is 0 Å². The molecular formula is C20H20N2O2. The highest BCUT2D eigenvalue weighted by molar-refractivity contribution is 6.02. The Balaban J connectivity index is 1.92. The van der Waals surface area contributed by atoms with Gasteiger partial charge in [-0.1, -0.05) is 49.4 Å². The highest BCUT2D eigenvalue weighted by Crippen LogP contribution is 2.26. The number of carbonyl (C=O) groups is 1. The maximum Gasteiger partial charge on any atom is 0.231 e. The molecule has 0 spiro atoms. The zero-order valence-electron chi connectivity index (χ0n) is 13.8. The molecule has 0 saturated heterocycles. The van der Waals surface area contributed by atoms with Crippen LogP contribution in [0.4, 0.5) is 5.69 Å². The van der Waals surface area contributed by atoms with Crippen LogP contribution in [-0.2, 0) is 4.79 Å². The Morgan fingerprint density at radius 3 is 2.58 bits per heavy atom. The Labute approximate surface area is 141 Å². The maximum absolute atomic E-state index is 12.8. The summed E-state index contributed by atoms with van der Waals surface area (Å²) in [6.07, 6.45) is 0.733. The third kappa shape index (κ3) is 3.23. The number of aromatic nitrogens is 1. The normalized spacial score (nSPS) is 11.9. The van der Waals surface area contributed by atoms with Gasteiger partial charge in [0.25, 0.3) is 0 Å². The van der Waals surface area contributed by atoms with Gasteiger partial charge in [-0.05, 0) is 24.1 Å². The van der Waals surface area contributed by atoms with Gasteiger partial charge < -0.3 is 10.1 Å². The van der Waals surface area contributed by atoms with Gasteiger partial charge in [0.15, 0.2) is 0 Å². The molecule has 0 saturated carbocycles. The Morgan fingerprint density at radius 1 is 1.08 bits per heavy atom. The van der Waals surface area contributed by atoms with Crippen LogP contribution in [0.25, 0.3) is 10.9 Å². The number of hydrogen-bond acceptors (Lipinski definition) is 3. The molecule has 0 aliphatic carbocycles. The maximum atomic E-state index is 12.8. The third-order valence-electron chi connectivity index (χ3n) is 4.09. The first-order chi connectivity index (χ1) is 11.7. The average Bonchev–Trinajstić information content (AvgIpc) is 2.63. The molecule has 4 nitrogen and oxygen atoms in total. The lowest BCUT2D eigenvalue weighted by atomic mass is 9.95. The highest BCUT2D eigenvalue weighted by Gasteiger charge is 2.19. The molecule has 24 heavy (non-hydrogen) atoms. The van der Waals surface area contributed by atoms with Crippen molar-refractivity contribution < 1.29 is 9.53 Å². The fourth-order valence-electron chi connectivity index (χ4n) is 2.82. The number of methoxy groups -OCH3 is 1. The summed E-state index contributed by atoms with van der Waals surface area (Å²) in [7, 11) is 1.58. The molecule has 1 N–H and O–H groups in total. The molecule has 1 heterocycles. The lowest BCUT2D eigenvalue weighted by molar-refractivity contribution is -0.117. The molecule has 0 bridgehead atoms. The first-order valence-electron chi connectivity index (χ1n) is 8.02. The van der Waals surface area contributed by atoms with E-state index in [-0.39, 0.29) is 11.8 Å². The van der Waals surface area contributed by atoms with E-state index in [1.165, 1.54) is 0 Å². The number of anilines is 1. The van der Waals surface area contributed by atoms with Crippen molar-refractivity contribution in [2.75, 3.05) is 12.4 Å². The molecule has 1 unspecified atom stereocenters. The number of nitrogens with one attached hydrogen (secondary N) is 1. The second-order valence-electron chi connectivity index (χ2n) is 5.59. The van der Waals surface area contributed by atoms with Crippen molar-refractivity contribution in [3.63, 3.8) is 0 Å². The van der Waals surface area contributed by atoms with Gasteiger partial charge in [-0.2, -0.15) is 0 Å². The van der Waals surface area contributed by atoms with E-state index in [2.05, 4.69) is 10.3 Å². The first-order valence-corrected chi connectivity index (χ1v) is 8.02. The summed E-state index contributed by atoms with van der Waals surface area (Å²) in [6, 6.07) is 19.3. The number of benzene rings is 2. The van der Waals surface area contributed by atoms with Crippen LogP contribution < -0.4 is 10.1 Å². The predicted molar refractivity (Wildman–Crippen MR) is 96.4 cm³/mol. The molecule has 3 rings (SSSR count). The lowest BCUT2D eigenvalue weighted by Gasteiger charge is -2.16. The van der Waals surface area contributed by atoms with E-state index in [4.69, 9.17) is 4.74 Å². The smallest absolute Gasteiger partial charge is 0.231 e. The van der Waals surface area contributed by atoms with Crippen LogP contribution in [0.5, 0.6) is 5.88 Å². The molecule has 0 radical (unpaired) electrons. The van der Waals surface area contributed by atoms with Crippen LogP contribution in [0.2, 0.25) is 0 Å². The summed E-state index contributed by atoms with van der Waals surface area (Å²) >= 11 is 0. The molecule has 1 aromatic heterocycles. The summed E-state index contributed by atoms with van der Waals surface area (Å²) in [6.45, 7) is 2.02. The van der Waals surface area contributed by atoms with Crippen LogP contribution >= 0.6 is 0 Å². The van der Waals surface area contributed by atoms with E-state index in [0.717, 1.165) is 22.9 Å². The summed E-state index contributed by atoms with van der Waals surface area (Å²) in [5.41, 5.74) is 2.45. The Hall–Kier alpha value is -2.88. The van der Waals surface area contributed by atoms with Crippen LogP contribution in [0.3, 0.4) is 0 Å². The number of ether oxygens (including phenoxy) is 1. The molecule has 0 aliphatic rings. The zero-order valence-corrected chi connectivity index (χ0v) is 13.8. The van der Waals surface area contributed by atoms with E-state index in [9.17, 15) is 4.79 Å². The molecule has 2 aromatic carbocycles. The molecule has 0 aliphatic heterocycles. The van der Waals surface area contributed by atoms with Crippen LogP contribution in [-0.4, -0.2) is 18.0 Å². The Kier molecular flexibility index (Phi) is 4.75. The quantitative estimate of drug-likeness (QED) is 0.759. The minimum absolute atomic E-state index is 0.0270. The number of carbonyl (C=O) groups excluding carboxylic acids is 1. The average molecular weight is 320 g/mol. The van der Waals surface area contributed by atoms with E-state index in [1.54, 1.807) is 7.11 Å². The summed E-state index contributed by atoms with van der Waals surface area (Å²) in [4.78, 5) is 17.2. The fourth-order valence-corrected chi connectivity index (χ4v) is 2.82. The van der Waals surface area contributed by atoms with Gasteiger partial charge in [0, 0.05) is 11.5 Å². The van der Waals surface area contributed by atoms with Crippen LogP contribution in [0.15, 0.2) is 60.7 Å². The number of hydrogen-bond donors (Lipinski definition) is 1. The minimum Gasteiger partial charge on any atom is -0.481 e. The summed E-state index contributed by atoms with van der Waals surface area (Å²) in [5.74, 6) is 0.312. The molecular weight excluding hydrogens is 300 g/mol. The molecule has 3 aromatic rings. The van der Waals surface area contributed by atoms with Crippen molar-refractivity contribution in [3.8, 4) is 5.88 Å². The van der Waals surface area contributed by atoms with Crippen molar-refractivity contribution in [3.05, 3.63) is 66.2 Å². The first kappa shape index (κ1) is 16.0. The van der Waals surface area contributed by atoms with Crippen molar-refractivity contribution >= 4 is 22.5 Å². The van der Waals surface area contributed by atoms with Crippen LogP contribution in [0, 0.1) is 0 Å². The minimum atomic E-state index is -0.188. The number of fused-ring (bicyclic) bond motifs is 1. The molecule has 1 atom stereocenters. The number of pyridine rings is 1. The number of rotatable bonds is 5. The van der Waals surface area contributed by atoms with E-state index in [1.807, 2.05) is 67.6 Å². The number of nitrogens with zero attached hydrogens (tertiary/aromatic N) is 1. The topological polar surface area (TPSA) is 51.2 Å². The number of amides is 1. The van der Waals surface area contributed by atoms with Gasteiger partial charge in [0.2, 0.25) is 11.8 Å². The van der Waals surface area contributed by atoms with Crippen molar-refractivity contribution in [2.45, 2.75) is 19.3 Å². The monoisotopic (exact) mass is 320 g/mol. The van der Waals surface area contributed by atoms with Gasteiger partial charge >= 0.3 is 0 Å². The van der Waals surface area contributed by atoms with E-state index in [0.29, 0.717) is 11.6 Å². The van der Waals surface area contributed by atoms with Crippen molar-refractivity contribution in [1.82, 2.24) is 4.98 Å².